The number of amides is 2. The summed E-state index contributed by atoms with van der Waals surface area (Å²) in [5.74, 6) is 0.690. The fraction of sp³-hybridized carbons (Fsp3) is 0.818. The Morgan fingerprint density at radius 1 is 1.13 bits per heavy atom. The summed E-state index contributed by atoms with van der Waals surface area (Å²) in [6, 6.07) is -0.285. The zero-order valence-electron chi connectivity index (χ0n) is 8.92. The molecule has 2 fully saturated rings. The van der Waals surface area contributed by atoms with Gasteiger partial charge in [-0.25, -0.2) is 0 Å². The average Bonchev–Trinajstić information content (AvgIpc) is 2.72. The van der Waals surface area contributed by atoms with E-state index in [0.29, 0.717) is 0 Å². The number of rotatable bonds is 3. The van der Waals surface area contributed by atoms with Gasteiger partial charge in [0.25, 0.3) is 0 Å². The van der Waals surface area contributed by atoms with Crippen molar-refractivity contribution in [2.75, 3.05) is 6.54 Å². The van der Waals surface area contributed by atoms with E-state index in [1.807, 2.05) is 0 Å². The Kier molecular flexibility index (Phi) is 3.23. The maximum absolute atomic E-state index is 11.4. The highest BCUT2D eigenvalue weighted by molar-refractivity contribution is 5.94. The van der Waals surface area contributed by atoms with E-state index >= 15 is 0 Å². The first-order valence-corrected chi connectivity index (χ1v) is 5.83. The number of hydrogen-bond donors (Lipinski definition) is 2. The van der Waals surface area contributed by atoms with Crippen LogP contribution in [0.25, 0.3) is 0 Å². The number of carbonyl (C=O) groups is 2. The first-order valence-electron chi connectivity index (χ1n) is 5.83. The van der Waals surface area contributed by atoms with Gasteiger partial charge in [-0.15, -0.1) is 0 Å². The van der Waals surface area contributed by atoms with Crippen LogP contribution in [0.2, 0.25) is 0 Å². The van der Waals surface area contributed by atoms with Gasteiger partial charge in [-0.1, -0.05) is 25.7 Å². The van der Waals surface area contributed by atoms with Gasteiger partial charge >= 0.3 is 0 Å². The molecule has 0 aromatic heterocycles. The van der Waals surface area contributed by atoms with Crippen LogP contribution in [0.15, 0.2) is 0 Å². The van der Waals surface area contributed by atoms with Gasteiger partial charge < -0.3 is 10.6 Å². The van der Waals surface area contributed by atoms with Crippen LogP contribution in [0.3, 0.4) is 0 Å². The highest BCUT2D eigenvalue weighted by Gasteiger charge is 2.26. The van der Waals surface area contributed by atoms with Crippen molar-refractivity contribution in [3.05, 3.63) is 0 Å². The first kappa shape index (κ1) is 10.5. The molecule has 1 saturated heterocycles. The SMILES string of the molecule is O=C1CNC(=O)C(CCC2CCCC2)N1. The van der Waals surface area contributed by atoms with E-state index in [-0.39, 0.29) is 24.4 Å². The molecule has 84 valence electrons. The molecule has 1 heterocycles. The Balaban J connectivity index is 1.76. The van der Waals surface area contributed by atoms with Crippen LogP contribution in [0.5, 0.6) is 0 Å². The molecule has 0 spiro atoms. The number of nitrogens with one attached hydrogen (secondary N) is 2. The van der Waals surface area contributed by atoms with E-state index in [1.165, 1.54) is 25.7 Å². The van der Waals surface area contributed by atoms with Gasteiger partial charge in [-0.3, -0.25) is 9.59 Å². The minimum atomic E-state index is -0.285. The van der Waals surface area contributed by atoms with Crippen molar-refractivity contribution in [1.82, 2.24) is 10.6 Å². The minimum absolute atomic E-state index is 0.0207. The Labute approximate surface area is 89.8 Å². The lowest BCUT2D eigenvalue weighted by Crippen LogP contribution is -2.56. The van der Waals surface area contributed by atoms with E-state index in [0.717, 1.165) is 18.8 Å². The highest BCUT2D eigenvalue weighted by Crippen LogP contribution is 2.29. The van der Waals surface area contributed by atoms with Gasteiger partial charge in [0.1, 0.15) is 6.04 Å². The normalized spacial score (nSPS) is 27.6. The summed E-state index contributed by atoms with van der Waals surface area (Å²) < 4.78 is 0. The fourth-order valence-corrected chi connectivity index (χ4v) is 2.51. The molecule has 0 bridgehead atoms. The third-order valence-electron chi connectivity index (χ3n) is 3.41. The van der Waals surface area contributed by atoms with Crippen molar-refractivity contribution in [3.63, 3.8) is 0 Å². The summed E-state index contributed by atoms with van der Waals surface area (Å²) in [5, 5.41) is 5.35. The quantitative estimate of drug-likeness (QED) is 0.715. The second kappa shape index (κ2) is 4.64. The maximum Gasteiger partial charge on any atom is 0.243 e. The predicted molar refractivity (Wildman–Crippen MR) is 56.1 cm³/mol. The molecular formula is C11H18N2O2. The van der Waals surface area contributed by atoms with Gasteiger partial charge in [0.05, 0.1) is 6.54 Å². The third-order valence-corrected chi connectivity index (χ3v) is 3.41. The molecule has 2 aliphatic rings. The Bertz CT molecular complexity index is 259. The molecule has 1 aliphatic heterocycles. The Hall–Kier alpha value is -1.06. The standard InChI is InChI=1S/C11H18N2O2/c14-10-7-12-11(15)9(13-10)6-5-8-3-1-2-4-8/h8-9H,1-7H2,(H,12,15)(H,13,14). The summed E-state index contributed by atoms with van der Waals surface area (Å²) in [5.41, 5.74) is 0. The molecule has 1 aliphatic carbocycles. The van der Waals surface area contributed by atoms with Crippen LogP contribution in [0.1, 0.15) is 38.5 Å². The summed E-state index contributed by atoms with van der Waals surface area (Å²) >= 11 is 0. The van der Waals surface area contributed by atoms with Crippen LogP contribution in [-0.4, -0.2) is 24.4 Å². The van der Waals surface area contributed by atoms with Gasteiger partial charge in [0.15, 0.2) is 0 Å². The van der Waals surface area contributed by atoms with Gasteiger partial charge in [0.2, 0.25) is 11.8 Å². The van der Waals surface area contributed by atoms with E-state index in [9.17, 15) is 9.59 Å². The van der Waals surface area contributed by atoms with Crippen molar-refractivity contribution < 1.29 is 9.59 Å². The van der Waals surface area contributed by atoms with Crippen LogP contribution < -0.4 is 10.6 Å². The monoisotopic (exact) mass is 210 g/mol. The summed E-state index contributed by atoms with van der Waals surface area (Å²) in [6.07, 6.45) is 7.10. The van der Waals surface area contributed by atoms with Crippen molar-refractivity contribution in [1.29, 1.82) is 0 Å². The third kappa shape index (κ3) is 2.70. The predicted octanol–water partition coefficient (Wildman–Crippen LogP) is 0.571. The largest absolute Gasteiger partial charge is 0.345 e. The van der Waals surface area contributed by atoms with Crippen molar-refractivity contribution >= 4 is 11.8 Å². The minimum Gasteiger partial charge on any atom is -0.345 e. The topological polar surface area (TPSA) is 58.2 Å². The lowest BCUT2D eigenvalue weighted by Gasteiger charge is -2.24. The van der Waals surface area contributed by atoms with Crippen LogP contribution >= 0.6 is 0 Å². The molecule has 1 unspecified atom stereocenters. The summed E-state index contributed by atoms with van der Waals surface area (Å²) in [6.45, 7) is 0.138. The maximum atomic E-state index is 11.4. The lowest BCUT2D eigenvalue weighted by molar-refractivity contribution is -0.133. The lowest BCUT2D eigenvalue weighted by atomic mass is 9.97. The molecule has 2 N–H and O–H groups in total. The van der Waals surface area contributed by atoms with E-state index in [4.69, 9.17) is 0 Å². The van der Waals surface area contributed by atoms with Gasteiger partial charge in [0, 0.05) is 0 Å². The van der Waals surface area contributed by atoms with Crippen molar-refractivity contribution in [2.24, 2.45) is 5.92 Å². The van der Waals surface area contributed by atoms with Crippen molar-refractivity contribution in [2.45, 2.75) is 44.6 Å². The molecule has 4 nitrogen and oxygen atoms in total. The summed E-state index contributed by atoms with van der Waals surface area (Å²) in [7, 11) is 0. The molecule has 0 radical (unpaired) electrons. The Morgan fingerprint density at radius 3 is 2.60 bits per heavy atom. The zero-order valence-corrected chi connectivity index (χ0v) is 8.92. The van der Waals surface area contributed by atoms with Gasteiger partial charge in [-0.2, -0.15) is 0 Å². The zero-order chi connectivity index (χ0) is 10.7. The van der Waals surface area contributed by atoms with E-state index in [1.54, 1.807) is 0 Å². The summed E-state index contributed by atoms with van der Waals surface area (Å²) in [4.78, 5) is 22.5. The molecule has 2 rings (SSSR count). The Morgan fingerprint density at radius 2 is 1.87 bits per heavy atom. The molecule has 2 amide bonds. The molecule has 1 atom stereocenters. The average molecular weight is 210 g/mol. The van der Waals surface area contributed by atoms with Crippen molar-refractivity contribution in [3.8, 4) is 0 Å². The number of carbonyl (C=O) groups excluding carboxylic acids is 2. The number of piperazine rings is 1. The van der Waals surface area contributed by atoms with E-state index < -0.39 is 0 Å². The fourth-order valence-electron chi connectivity index (χ4n) is 2.51. The van der Waals surface area contributed by atoms with E-state index in [2.05, 4.69) is 10.6 Å². The van der Waals surface area contributed by atoms with Crippen LogP contribution in [0, 0.1) is 5.92 Å². The second-order valence-corrected chi connectivity index (χ2v) is 4.57. The molecular weight excluding hydrogens is 192 g/mol. The van der Waals surface area contributed by atoms with Gasteiger partial charge in [-0.05, 0) is 18.8 Å². The number of hydrogen-bond acceptors (Lipinski definition) is 2. The second-order valence-electron chi connectivity index (χ2n) is 4.57. The molecule has 4 heteroatoms. The first-order chi connectivity index (χ1) is 7.25. The van der Waals surface area contributed by atoms with Crippen LogP contribution in [0.4, 0.5) is 0 Å². The van der Waals surface area contributed by atoms with Crippen LogP contribution in [-0.2, 0) is 9.59 Å². The smallest absolute Gasteiger partial charge is 0.243 e. The molecule has 0 aromatic rings. The molecule has 15 heavy (non-hydrogen) atoms. The molecule has 0 aromatic carbocycles. The molecule has 1 saturated carbocycles. The highest BCUT2D eigenvalue weighted by atomic mass is 16.2.